The number of ether oxygens (including phenoxy) is 2. The van der Waals surface area contributed by atoms with Gasteiger partial charge < -0.3 is 14.8 Å². The fourth-order valence-corrected chi connectivity index (χ4v) is 2.15. The predicted molar refractivity (Wildman–Crippen MR) is 73.0 cm³/mol. The monoisotopic (exact) mass is 249 g/mol. The fraction of sp³-hybridized carbons (Fsp3) is 0.600. The molecule has 0 aliphatic carbocycles. The molecule has 2 rings (SSSR count). The molecule has 1 unspecified atom stereocenters. The van der Waals surface area contributed by atoms with Gasteiger partial charge in [0, 0.05) is 18.5 Å². The lowest BCUT2D eigenvalue weighted by atomic mass is 10.1. The molecule has 0 radical (unpaired) electrons. The summed E-state index contributed by atoms with van der Waals surface area (Å²) in [7, 11) is 0. The van der Waals surface area contributed by atoms with Crippen molar-refractivity contribution in [1.29, 1.82) is 0 Å². The van der Waals surface area contributed by atoms with Gasteiger partial charge in [0.15, 0.2) is 0 Å². The smallest absolute Gasteiger partial charge is 0.124 e. The van der Waals surface area contributed by atoms with Gasteiger partial charge in [-0.1, -0.05) is 24.6 Å². The molecular weight excluding hydrogens is 226 g/mol. The van der Waals surface area contributed by atoms with Crippen LogP contribution in [0, 0.1) is 6.92 Å². The van der Waals surface area contributed by atoms with E-state index in [4.69, 9.17) is 9.47 Å². The molecule has 1 aromatic rings. The predicted octanol–water partition coefficient (Wildman–Crippen LogP) is 2.66. The minimum Gasteiger partial charge on any atom is -0.488 e. The van der Waals surface area contributed by atoms with Crippen LogP contribution in [0.1, 0.15) is 30.9 Å². The van der Waals surface area contributed by atoms with Crippen LogP contribution in [0.15, 0.2) is 18.2 Å². The van der Waals surface area contributed by atoms with Crippen LogP contribution in [-0.4, -0.2) is 25.9 Å². The Hall–Kier alpha value is -1.06. The van der Waals surface area contributed by atoms with E-state index in [-0.39, 0.29) is 6.10 Å². The highest BCUT2D eigenvalue weighted by atomic mass is 16.5. The van der Waals surface area contributed by atoms with E-state index in [0.717, 1.165) is 44.9 Å². The van der Waals surface area contributed by atoms with Crippen molar-refractivity contribution in [2.75, 3.05) is 19.8 Å². The van der Waals surface area contributed by atoms with Gasteiger partial charge in [0.1, 0.15) is 11.9 Å². The van der Waals surface area contributed by atoms with Gasteiger partial charge in [0.2, 0.25) is 0 Å². The summed E-state index contributed by atoms with van der Waals surface area (Å²) in [5, 5.41) is 3.43. The summed E-state index contributed by atoms with van der Waals surface area (Å²) in [6, 6.07) is 6.39. The largest absolute Gasteiger partial charge is 0.488 e. The standard InChI is InChI=1S/C15H23NO2/c1-3-7-16-10-13-9-12(2)4-5-15(13)18-14-6-8-17-11-14/h4-5,9,14,16H,3,6-8,10-11H2,1-2H3. The summed E-state index contributed by atoms with van der Waals surface area (Å²) in [5.74, 6) is 1.000. The zero-order valence-electron chi connectivity index (χ0n) is 11.4. The highest BCUT2D eigenvalue weighted by molar-refractivity contribution is 5.37. The van der Waals surface area contributed by atoms with Crippen molar-refractivity contribution in [3.8, 4) is 5.75 Å². The first kappa shape index (κ1) is 13.4. The summed E-state index contributed by atoms with van der Waals surface area (Å²) < 4.78 is 11.4. The lowest BCUT2D eigenvalue weighted by Crippen LogP contribution is -2.19. The van der Waals surface area contributed by atoms with Gasteiger partial charge in [-0.25, -0.2) is 0 Å². The molecule has 1 fully saturated rings. The molecule has 100 valence electrons. The molecule has 1 aliphatic heterocycles. The van der Waals surface area contributed by atoms with Crippen molar-refractivity contribution in [3.63, 3.8) is 0 Å². The van der Waals surface area contributed by atoms with Crippen LogP contribution in [-0.2, 0) is 11.3 Å². The lowest BCUT2D eigenvalue weighted by Gasteiger charge is -2.16. The molecule has 3 heteroatoms. The highest BCUT2D eigenvalue weighted by Gasteiger charge is 2.18. The molecule has 0 bridgehead atoms. The summed E-state index contributed by atoms with van der Waals surface area (Å²) in [4.78, 5) is 0. The van der Waals surface area contributed by atoms with E-state index in [9.17, 15) is 0 Å². The third-order valence-electron chi connectivity index (χ3n) is 3.14. The third-order valence-corrected chi connectivity index (χ3v) is 3.14. The number of hydrogen-bond donors (Lipinski definition) is 1. The van der Waals surface area contributed by atoms with E-state index >= 15 is 0 Å². The molecular formula is C15H23NO2. The van der Waals surface area contributed by atoms with Gasteiger partial charge in [0.25, 0.3) is 0 Å². The average molecular weight is 249 g/mol. The van der Waals surface area contributed by atoms with Crippen molar-refractivity contribution in [2.45, 2.75) is 39.3 Å². The molecule has 1 saturated heterocycles. The van der Waals surface area contributed by atoms with E-state index < -0.39 is 0 Å². The van der Waals surface area contributed by atoms with Crippen LogP contribution in [0.4, 0.5) is 0 Å². The molecule has 18 heavy (non-hydrogen) atoms. The van der Waals surface area contributed by atoms with Gasteiger partial charge in [-0.15, -0.1) is 0 Å². The Balaban J connectivity index is 2.02. The molecule has 1 aromatic carbocycles. The Morgan fingerprint density at radius 3 is 3.06 bits per heavy atom. The van der Waals surface area contributed by atoms with Crippen molar-refractivity contribution >= 4 is 0 Å². The first-order chi connectivity index (χ1) is 8.79. The van der Waals surface area contributed by atoms with Crippen molar-refractivity contribution in [2.24, 2.45) is 0 Å². The maximum atomic E-state index is 6.03. The quantitative estimate of drug-likeness (QED) is 0.786. The van der Waals surface area contributed by atoms with E-state index in [0.29, 0.717) is 0 Å². The Morgan fingerprint density at radius 1 is 1.44 bits per heavy atom. The minimum absolute atomic E-state index is 0.220. The zero-order chi connectivity index (χ0) is 12.8. The average Bonchev–Trinajstić information content (AvgIpc) is 2.86. The topological polar surface area (TPSA) is 30.5 Å². The molecule has 1 atom stereocenters. The molecule has 0 spiro atoms. The number of rotatable bonds is 6. The Morgan fingerprint density at radius 2 is 2.33 bits per heavy atom. The molecule has 3 nitrogen and oxygen atoms in total. The molecule has 1 N–H and O–H groups in total. The van der Waals surface area contributed by atoms with E-state index in [1.54, 1.807) is 0 Å². The Kier molecular flexibility index (Phi) is 5.02. The van der Waals surface area contributed by atoms with Crippen LogP contribution in [0.25, 0.3) is 0 Å². The number of hydrogen-bond acceptors (Lipinski definition) is 3. The second-order valence-corrected chi connectivity index (χ2v) is 4.89. The van der Waals surface area contributed by atoms with Gasteiger partial charge in [0.05, 0.1) is 13.2 Å². The first-order valence-electron chi connectivity index (χ1n) is 6.84. The van der Waals surface area contributed by atoms with Crippen LogP contribution >= 0.6 is 0 Å². The van der Waals surface area contributed by atoms with Gasteiger partial charge >= 0.3 is 0 Å². The van der Waals surface area contributed by atoms with E-state index in [2.05, 4.69) is 37.4 Å². The van der Waals surface area contributed by atoms with E-state index in [1.807, 2.05) is 0 Å². The van der Waals surface area contributed by atoms with Crippen LogP contribution in [0.3, 0.4) is 0 Å². The van der Waals surface area contributed by atoms with Crippen molar-refractivity contribution in [3.05, 3.63) is 29.3 Å². The SMILES string of the molecule is CCCNCc1cc(C)ccc1OC1CCOC1. The minimum atomic E-state index is 0.220. The van der Waals surface area contributed by atoms with Gasteiger partial charge in [-0.05, 0) is 26.0 Å². The molecule has 1 aliphatic rings. The van der Waals surface area contributed by atoms with E-state index in [1.165, 1.54) is 11.1 Å². The third kappa shape index (κ3) is 3.72. The number of aryl methyl sites for hydroxylation is 1. The molecule has 0 aromatic heterocycles. The molecule has 0 amide bonds. The normalized spacial score (nSPS) is 19.1. The van der Waals surface area contributed by atoms with Crippen molar-refractivity contribution in [1.82, 2.24) is 5.32 Å². The second-order valence-electron chi connectivity index (χ2n) is 4.89. The van der Waals surface area contributed by atoms with Crippen LogP contribution < -0.4 is 10.1 Å². The van der Waals surface area contributed by atoms with Gasteiger partial charge in [-0.3, -0.25) is 0 Å². The Labute approximate surface area is 109 Å². The summed E-state index contributed by atoms with van der Waals surface area (Å²) in [6.07, 6.45) is 2.37. The summed E-state index contributed by atoms with van der Waals surface area (Å²) >= 11 is 0. The van der Waals surface area contributed by atoms with Crippen LogP contribution in [0.5, 0.6) is 5.75 Å². The first-order valence-corrected chi connectivity index (χ1v) is 6.84. The lowest BCUT2D eigenvalue weighted by molar-refractivity contribution is 0.140. The number of benzene rings is 1. The highest BCUT2D eigenvalue weighted by Crippen LogP contribution is 2.23. The Bertz CT molecular complexity index is 373. The van der Waals surface area contributed by atoms with Gasteiger partial charge in [-0.2, -0.15) is 0 Å². The second kappa shape index (κ2) is 6.76. The summed E-state index contributed by atoms with van der Waals surface area (Å²) in [6.45, 7) is 7.75. The van der Waals surface area contributed by atoms with Crippen LogP contribution in [0.2, 0.25) is 0 Å². The maximum Gasteiger partial charge on any atom is 0.124 e. The zero-order valence-corrected chi connectivity index (χ0v) is 11.4. The summed E-state index contributed by atoms with van der Waals surface area (Å²) in [5.41, 5.74) is 2.52. The van der Waals surface area contributed by atoms with Crippen molar-refractivity contribution < 1.29 is 9.47 Å². The molecule has 0 saturated carbocycles. The maximum absolute atomic E-state index is 6.03. The molecule has 1 heterocycles. The fourth-order valence-electron chi connectivity index (χ4n) is 2.15. The number of nitrogens with one attached hydrogen (secondary N) is 1.